The maximum absolute atomic E-state index is 12.4. The van der Waals surface area contributed by atoms with E-state index in [-0.39, 0.29) is 18.4 Å². The van der Waals surface area contributed by atoms with Gasteiger partial charge in [-0.3, -0.25) is 14.0 Å². The van der Waals surface area contributed by atoms with Crippen molar-refractivity contribution in [3.8, 4) is 11.3 Å². The predicted octanol–water partition coefficient (Wildman–Crippen LogP) is 4.21. The number of benzene rings is 2. The Balaban J connectivity index is 1.43. The van der Waals surface area contributed by atoms with E-state index in [1.807, 2.05) is 34.7 Å². The molecule has 4 rings (SSSR count). The zero-order valence-corrected chi connectivity index (χ0v) is 18.6. The van der Waals surface area contributed by atoms with Gasteiger partial charge in [-0.05, 0) is 29.8 Å². The Labute approximate surface area is 186 Å². The summed E-state index contributed by atoms with van der Waals surface area (Å²) in [6.45, 7) is 0.312. The number of carbonyl (C=O) groups excluding carboxylic acids is 2. The molecule has 0 fully saturated rings. The molecule has 0 bridgehead atoms. The van der Waals surface area contributed by atoms with Gasteiger partial charge in [0.25, 0.3) is 5.91 Å². The normalized spacial score (nSPS) is 10.9. The molecule has 1 N–H and O–H groups in total. The molecule has 8 heteroatoms. The molecule has 2 aromatic heterocycles. The maximum atomic E-state index is 12.4. The molecule has 0 spiro atoms. The highest BCUT2D eigenvalue weighted by molar-refractivity contribution is 9.10. The van der Waals surface area contributed by atoms with Crippen molar-refractivity contribution in [2.45, 2.75) is 6.54 Å². The van der Waals surface area contributed by atoms with Crippen LogP contribution in [0.25, 0.3) is 16.2 Å². The van der Waals surface area contributed by atoms with Gasteiger partial charge in [0.05, 0.1) is 30.7 Å². The molecule has 30 heavy (non-hydrogen) atoms. The summed E-state index contributed by atoms with van der Waals surface area (Å²) in [5.74, 6) is -0.412. The van der Waals surface area contributed by atoms with Gasteiger partial charge >= 0.3 is 0 Å². The van der Waals surface area contributed by atoms with Crippen LogP contribution in [-0.2, 0) is 11.3 Å². The second-order valence-electron chi connectivity index (χ2n) is 6.80. The number of nitrogens with zero attached hydrogens (tertiary/aromatic N) is 3. The molecular weight excluding hydrogens is 464 g/mol. The van der Waals surface area contributed by atoms with E-state index in [0.29, 0.717) is 12.1 Å². The minimum Gasteiger partial charge on any atom is -0.349 e. The molecule has 152 valence electrons. The van der Waals surface area contributed by atoms with E-state index in [2.05, 4.69) is 31.6 Å². The van der Waals surface area contributed by atoms with Crippen LogP contribution in [0, 0.1) is 0 Å². The molecule has 0 aliphatic carbocycles. The molecule has 2 amide bonds. The fourth-order valence-corrected chi connectivity index (χ4v) is 4.30. The summed E-state index contributed by atoms with van der Waals surface area (Å²) in [4.78, 5) is 31.5. The standard InChI is InChI=1S/C22H19BrN4O2S/c1-26(21(29)16-5-3-2-4-6-16)13-20(28)24-11-18-12-25-22-27(18)19(14-30-22)15-7-9-17(23)10-8-15/h2-10,12,14H,11,13H2,1H3,(H,24,28). The van der Waals surface area contributed by atoms with Crippen LogP contribution >= 0.6 is 27.3 Å². The number of nitrogens with one attached hydrogen (secondary N) is 1. The van der Waals surface area contributed by atoms with Crippen molar-refractivity contribution in [1.29, 1.82) is 0 Å². The predicted molar refractivity (Wildman–Crippen MR) is 121 cm³/mol. The van der Waals surface area contributed by atoms with Crippen molar-refractivity contribution in [2.75, 3.05) is 13.6 Å². The van der Waals surface area contributed by atoms with Crippen molar-refractivity contribution in [3.63, 3.8) is 0 Å². The van der Waals surface area contributed by atoms with Gasteiger partial charge in [0.2, 0.25) is 5.91 Å². The van der Waals surface area contributed by atoms with Crippen LogP contribution in [0.1, 0.15) is 16.1 Å². The highest BCUT2D eigenvalue weighted by Crippen LogP contribution is 2.28. The Morgan fingerprint density at radius 2 is 1.87 bits per heavy atom. The fraction of sp³-hybridized carbons (Fsp3) is 0.136. The second kappa shape index (κ2) is 8.81. The number of thiazole rings is 1. The quantitative estimate of drug-likeness (QED) is 0.447. The average Bonchev–Trinajstić information content (AvgIpc) is 3.35. The molecule has 4 aromatic rings. The third-order valence-electron chi connectivity index (χ3n) is 4.67. The molecule has 0 saturated carbocycles. The van der Waals surface area contributed by atoms with Gasteiger partial charge in [-0.1, -0.05) is 46.3 Å². The maximum Gasteiger partial charge on any atom is 0.254 e. The Hall–Kier alpha value is -2.97. The zero-order valence-electron chi connectivity index (χ0n) is 16.2. The van der Waals surface area contributed by atoms with E-state index in [4.69, 9.17) is 0 Å². The Morgan fingerprint density at radius 3 is 2.60 bits per heavy atom. The highest BCUT2D eigenvalue weighted by Gasteiger charge is 2.16. The topological polar surface area (TPSA) is 66.7 Å². The van der Waals surface area contributed by atoms with Gasteiger partial charge < -0.3 is 10.2 Å². The summed E-state index contributed by atoms with van der Waals surface area (Å²) in [6, 6.07) is 17.0. The van der Waals surface area contributed by atoms with E-state index in [1.165, 1.54) is 4.90 Å². The molecule has 6 nitrogen and oxygen atoms in total. The number of carbonyl (C=O) groups is 2. The first kappa shape index (κ1) is 20.3. The number of aromatic nitrogens is 2. The lowest BCUT2D eigenvalue weighted by Crippen LogP contribution is -2.38. The first-order valence-corrected chi connectivity index (χ1v) is 11.0. The van der Waals surface area contributed by atoms with E-state index < -0.39 is 0 Å². The summed E-state index contributed by atoms with van der Waals surface area (Å²) >= 11 is 5.01. The van der Waals surface area contributed by atoms with E-state index >= 15 is 0 Å². The summed E-state index contributed by atoms with van der Waals surface area (Å²) in [5.41, 5.74) is 3.54. The number of amides is 2. The number of fused-ring (bicyclic) bond motifs is 1. The lowest BCUT2D eigenvalue weighted by atomic mass is 10.2. The molecular formula is C22H19BrN4O2S. The fourth-order valence-electron chi connectivity index (χ4n) is 3.15. The van der Waals surface area contributed by atoms with Crippen molar-refractivity contribution in [2.24, 2.45) is 0 Å². The molecule has 2 aromatic carbocycles. The minimum atomic E-state index is -0.225. The average molecular weight is 483 g/mol. The Morgan fingerprint density at radius 1 is 1.13 bits per heavy atom. The minimum absolute atomic E-state index is 0.0150. The van der Waals surface area contributed by atoms with Gasteiger partial charge in [-0.15, -0.1) is 11.3 Å². The van der Waals surface area contributed by atoms with Gasteiger partial charge in [-0.25, -0.2) is 4.98 Å². The highest BCUT2D eigenvalue weighted by atomic mass is 79.9. The van der Waals surface area contributed by atoms with E-state index in [1.54, 1.807) is 48.8 Å². The van der Waals surface area contributed by atoms with E-state index in [0.717, 1.165) is 26.4 Å². The first-order chi connectivity index (χ1) is 14.5. The van der Waals surface area contributed by atoms with E-state index in [9.17, 15) is 9.59 Å². The zero-order chi connectivity index (χ0) is 21.1. The molecule has 2 heterocycles. The largest absolute Gasteiger partial charge is 0.349 e. The lowest BCUT2D eigenvalue weighted by Gasteiger charge is -2.16. The Kier molecular flexibility index (Phi) is 5.96. The van der Waals surface area contributed by atoms with Crippen LogP contribution in [0.4, 0.5) is 0 Å². The van der Waals surface area contributed by atoms with Crippen LogP contribution in [0.15, 0.2) is 70.6 Å². The second-order valence-corrected chi connectivity index (χ2v) is 8.55. The molecule has 0 aliphatic rings. The van der Waals surface area contributed by atoms with Gasteiger partial charge in [0.15, 0.2) is 4.96 Å². The van der Waals surface area contributed by atoms with Gasteiger partial charge in [0.1, 0.15) is 0 Å². The van der Waals surface area contributed by atoms with Gasteiger partial charge in [-0.2, -0.15) is 0 Å². The van der Waals surface area contributed by atoms with Crippen LogP contribution in [0.5, 0.6) is 0 Å². The number of imidazole rings is 1. The SMILES string of the molecule is CN(CC(=O)NCc1cnc2scc(-c3ccc(Br)cc3)n12)C(=O)c1ccccc1. The number of hydrogen-bond donors (Lipinski definition) is 1. The van der Waals surface area contributed by atoms with Crippen molar-refractivity contribution in [3.05, 3.63) is 81.9 Å². The third-order valence-corrected chi connectivity index (χ3v) is 6.04. The summed E-state index contributed by atoms with van der Waals surface area (Å²) in [5, 5.41) is 4.95. The Bertz CT molecular complexity index is 1190. The smallest absolute Gasteiger partial charge is 0.254 e. The number of rotatable bonds is 6. The number of likely N-dealkylation sites (N-methyl/N-ethyl adjacent to an activating group) is 1. The first-order valence-electron chi connectivity index (χ1n) is 9.30. The molecule has 0 saturated heterocycles. The van der Waals surface area contributed by atoms with Crippen LogP contribution < -0.4 is 5.32 Å². The van der Waals surface area contributed by atoms with Gasteiger partial charge in [0, 0.05) is 22.5 Å². The van der Waals surface area contributed by atoms with Crippen LogP contribution in [0.3, 0.4) is 0 Å². The lowest BCUT2D eigenvalue weighted by molar-refractivity contribution is -0.121. The summed E-state index contributed by atoms with van der Waals surface area (Å²) in [7, 11) is 1.62. The molecule has 0 radical (unpaired) electrons. The molecule has 0 aliphatic heterocycles. The molecule has 0 unspecified atom stereocenters. The van der Waals surface area contributed by atoms with Crippen LogP contribution in [-0.4, -0.2) is 39.7 Å². The monoisotopic (exact) mass is 482 g/mol. The summed E-state index contributed by atoms with van der Waals surface area (Å²) < 4.78 is 3.07. The number of hydrogen-bond acceptors (Lipinski definition) is 4. The van der Waals surface area contributed by atoms with Crippen molar-refractivity contribution >= 4 is 44.0 Å². The third kappa shape index (κ3) is 4.29. The molecule has 0 atom stereocenters. The summed E-state index contributed by atoms with van der Waals surface area (Å²) in [6.07, 6.45) is 1.77. The van der Waals surface area contributed by atoms with Crippen molar-refractivity contribution < 1.29 is 9.59 Å². The van der Waals surface area contributed by atoms with Crippen molar-refractivity contribution in [1.82, 2.24) is 19.6 Å². The van der Waals surface area contributed by atoms with Crippen LogP contribution in [0.2, 0.25) is 0 Å². The number of halogens is 1.